The summed E-state index contributed by atoms with van der Waals surface area (Å²) >= 11 is 2.93. The van der Waals surface area contributed by atoms with E-state index in [2.05, 4.69) is 26.6 Å². The number of urea groups is 1. The smallest absolute Gasteiger partial charge is 0.319 e. The first kappa shape index (κ1) is 14.2. The van der Waals surface area contributed by atoms with Crippen LogP contribution in [0.2, 0.25) is 0 Å². The van der Waals surface area contributed by atoms with Crippen LogP contribution < -0.4 is 10.6 Å². The standard InChI is InChI=1S/C12H13BrF2N2O2/c13-8-4-11(10(15)5-9(8)14)17-12(18)16-6-7-2-1-3-19-7/h4-5,7H,1-3,6H2,(H2,16,17,18). The molecule has 0 aliphatic carbocycles. The third kappa shape index (κ3) is 3.87. The van der Waals surface area contributed by atoms with Crippen molar-refractivity contribution in [2.24, 2.45) is 0 Å². The van der Waals surface area contributed by atoms with E-state index in [4.69, 9.17) is 4.74 Å². The third-order valence-electron chi connectivity index (χ3n) is 2.77. The molecule has 0 aromatic heterocycles. The Hall–Kier alpha value is -1.21. The molecule has 2 N–H and O–H groups in total. The van der Waals surface area contributed by atoms with Crippen molar-refractivity contribution in [1.29, 1.82) is 0 Å². The fraction of sp³-hybridized carbons (Fsp3) is 0.417. The minimum atomic E-state index is -0.826. The molecule has 7 heteroatoms. The van der Waals surface area contributed by atoms with Crippen molar-refractivity contribution in [3.63, 3.8) is 0 Å². The Labute approximate surface area is 117 Å². The molecular formula is C12H13BrF2N2O2. The maximum atomic E-state index is 13.4. The van der Waals surface area contributed by atoms with E-state index < -0.39 is 17.7 Å². The third-order valence-corrected chi connectivity index (χ3v) is 3.38. The summed E-state index contributed by atoms with van der Waals surface area (Å²) in [4.78, 5) is 11.6. The van der Waals surface area contributed by atoms with Crippen LogP contribution in [0, 0.1) is 11.6 Å². The zero-order valence-corrected chi connectivity index (χ0v) is 11.6. The van der Waals surface area contributed by atoms with E-state index in [0.29, 0.717) is 19.2 Å². The number of nitrogens with one attached hydrogen (secondary N) is 2. The number of halogens is 3. The highest BCUT2D eigenvalue weighted by Crippen LogP contribution is 2.23. The number of carbonyl (C=O) groups excluding carboxylic acids is 1. The van der Waals surface area contributed by atoms with Crippen molar-refractivity contribution in [3.05, 3.63) is 28.2 Å². The predicted octanol–water partition coefficient (Wildman–Crippen LogP) is 3.03. The molecule has 0 spiro atoms. The van der Waals surface area contributed by atoms with Gasteiger partial charge in [0.1, 0.15) is 11.6 Å². The molecule has 2 rings (SSSR count). The fourth-order valence-electron chi connectivity index (χ4n) is 1.80. The number of ether oxygens (including phenoxy) is 1. The second-order valence-electron chi connectivity index (χ2n) is 4.22. The maximum absolute atomic E-state index is 13.4. The van der Waals surface area contributed by atoms with Gasteiger partial charge >= 0.3 is 6.03 Å². The zero-order valence-electron chi connectivity index (χ0n) is 10.0. The lowest BCUT2D eigenvalue weighted by molar-refractivity contribution is 0.112. The molecule has 1 unspecified atom stereocenters. The molecule has 1 heterocycles. The molecule has 19 heavy (non-hydrogen) atoms. The molecule has 0 radical (unpaired) electrons. The Bertz CT molecular complexity index is 479. The summed E-state index contributed by atoms with van der Waals surface area (Å²) in [5.41, 5.74) is -0.0851. The predicted molar refractivity (Wildman–Crippen MR) is 70.1 cm³/mol. The monoisotopic (exact) mass is 334 g/mol. The van der Waals surface area contributed by atoms with E-state index >= 15 is 0 Å². The summed E-state index contributed by atoms with van der Waals surface area (Å²) in [5, 5.41) is 4.91. The van der Waals surface area contributed by atoms with E-state index in [1.807, 2.05) is 0 Å². The van der Waals surface area contributed by atoms with Crippen molar-refractivity contribution < 1.29 is 18.3 Å². The Morgan fingerprint density at radius 2 is 2.21 bits per heavy atom. The molecule has 104 valence electrons. The Balaban J connectivity index is 1.89. The number of carbonyl (C=O) groups is 1. The molecule has 0 bridgehead atoms. The van der Waals surface area contributed by atoms with E-state index in [0.717, 1.165) is 12.8 Å². The minimum absolute atomic E-state index is 0.00977. The average molecular weight is 335 g/mol. The minimum Gasteiger partial charge on any atom is -0.376 e. The summed E-state index contributed by atoms with van der Waals surface area (Å²) in [7, 11) is 0. The molecule has 2 amide bonds. The summed E-state index contributed by atoms with van der Waals surface area (Å²) < 4.78 is 31.8. The number of hydrogen-bond donors (Lipinski definition) is 2. The average Bonchev–Trinajstić information content (AvgIpc) is 2.86. The van der Waals surface area contributed by atoms with Gasteiger partial charge < -0.3 is 15.4 Å². The largest absolute Gasteiger partial charge is 0.376 e. The van der Waals surface area contributed by atoms with E-state index in [1.165, 1.54) is 6.07 Å². The van der Waals surface area contributed by atoms with Crippen LogP contribution in [-0.2, 0) is 4.74 Å². The molecule has 1 aromatic carbocycles. The topological polar surface area (TPSA) is 50.4 Å². The Morgan fingerprint density at radius 3 is 2.89 bits per heavy atom. The zero-order chi connectivity index (χ0) is 13.8. The quantitative estimate of drug-likeness (QED) is 0.835. The molecule has 1 aromatic rings. The van der Waals surface area contributed by atoms with Crippen LogP contribution >= 0.6 is 15.9 Å². The van der Waals surface area contributed by atoms with Crippen molar-refractivity contribution in [1.82, 2.24) is 5.32 Å². The van der Waals surface area contributed by atoms with Gasteiger partial charge in [-0.1, -0.05) is 0 Å². The van der Waals surface area contributed by atoms with Crippen LogP contribution in [0.1, 0.15) is 12.8 Å². The molecule has 1 aliphatic rings. The fourth-order valence-corrected chi connectivity index (χ4v) is 2.14. The molecule has 4 nitrogen and oxygen atoms in total. The van der Waals surface area contributed by atoms with Crippen LogP contribution in [0.3, 0.4) is 0 Å². The number of anilines is 1. The van der Waals surface area contributed by atoms with Gasteiger partial charge in [-0.25, -0.2) is 13.6 Å². The Kier molecular flexibility index (Phi) is 4.71. The first-order chi connectivity index (χ1) is 9.06. The van der Waals surface area contributed by atoms with E-state index in [1.54, 1.807) is 0 Å². The first-order valence-electron chi connectivity index (χ1n) is 5.87. The van der Waals surface area contributed by atoms with Gasteiger partial charge in [0.15, 0.2) is 0 Å². The molecule has 1 fully saturated rings. The van der Waals surface area contributed by atoms with Gasteiger partial charge in [0, 0.05) is 19.2 Å². The van der Waals surface area contributed by atoms with Crippen LogP contribution in [0.5, 0.6) is 0 Å². The van der Waals surface area contributed by atoms with Crippen LogP contribution in [0.25, 0.3) is 0 Å². The van der Waals surface area contributed by atoms with Gasteiger partial charge in [0.25, 0.3) is 0 Å². The van der Waals surface area contributed by atoms with Gasteiger partial charge in [0.2, 0.25) is 0 Å². The summed E-state index contributed by atoms with van der Waals surface area (Å²) in [6.07, 6.45) is 1.89. The number of hydrogen-bond acceptors (Lipinski definition) is 2. The van der Waals surface area contributed by atoms with Gasteiger partial charge in [0.05, 0.1) is 16.3 Å². The Morgan fingerprint density at radius 1 is 1.42 bits per heavy atom. The van der Waals surface area contributed by atoms with Gasteiger partial charge in [-0.05, 0) is 34.8 Å². The lowest BCUT2D eigenvalue weighted by atomic mass is 10.2. The number of amides is 2. The first-order valence-corrected chi connectivity index (χ1v) is 6.66. The molecular weight excluding hydrogens is 322 g/mol. The second kappa shape index (κ2) is 6.29. The summed E-state index contributed by atoms with van der Waals surface area (Å²) in [6, 6.07) is 1.34. The van der Waals surface area contributed by atoms with E-state index in [9.17, 15) is 13.6 Å². The lowest BCUT2D eigenvalue weighted by Crippen LogP contribution is -2.35. The highest BCUT2D eigenvalue weighted by molar-refractivity contribution is 9.10. The van der Waals surface area contributed by atoms with E-state index in [-0.39, 0.29) is 16.3 Å². The molecule has 0 saturated carbocycles. The second-order valence-corrected chi connectivity index (χ2v) is 5.07. The van der Waals surface area contributed by atoms with Gasteiger partial charge in [-0.15, -0.1) is 0 Å². The summed E-state index contributed by atoms with van der Waals surface area (Å²) in [6.45, 7) is 1.07. The van der Waals surface area contributed by atoms with Crippen molar-refractivity contribution in [2.45, 2.75) is 18.9 Å². The highest BCUT2D eigenvalue weighted by atomic mass is 79.9. The van der Waals surface area contributed by atoms with Crippen molar-refractivity contribution >= 4 is 27.6 Å². The number of rotatable bonds is 3. The van der Waals surface area contributed by atoms with Crippen molar-refractivity contribution in [2.75, 3.05) is 18.5 Å². The maximum Gasteiger partial charge on any atom is 0.319 e. The molecule has 1 saturated heterocycles. The van der Waals surface area contributed by atoms with Gasteiger partial charge in [-0.3, -0.25) is 0 Å². The number of benzene rings is 1. The van der Waals surface area contributed by atoms with Crippen molar-refractivity contribution in [3.8, 4) is 0 Å². The van der Waals surface area contributed by atoms with Crippen LogP contribution in [-0.4, -0.2) is 25.3 Å². The van der Waals surface area contributed by atoms with Crippen LogP contribution in [0.4, 0.5) is 19.3 Å². The highest BCUT2D eigenvalue weighted by Gasteiger charge is 2.17. The SMILES string of the molecule is O=C(NCC1CCCO1)Nc1cc(Br)c(F)cc1F. The summed E-state index contributed by atoms with van der Waals surface area (Å²) in [5.74, 6) is -1.55. The van der Waals surface area contributed by atoms with Gasteiger partial charge in [-0.2, -0.15) is 0 Å². The lowest BCUT2D eigenvalue weighted by Gasteiger charge is -2.12. The normalized spacial score (nSPS) is 18.4. The molecule has 1 aliphatic heterocycles. The molecule has 1 atom stereocenters. The van der Waals surface area contributed by atoms with Crippen LogP contribution in [0.15, 0.2) is 16.6 Å².